The van der Waals surface area contributed by atoms with Gasteiger partial charge in [-0.25, -0.2) is 9.18 Å². The number of Topliss-reactive ketones (excluding diaryl/α,β-unsaturated/α-hetero) is 1. The van der Waals surface area contributed by atoms with E-state index in [1.54, 1.807) is 50.2 Å². The molecule has 2 aliphatic rings. The van der Waals surface area contributed by atoms with Crippen LogP contribution in [-0.4, -0.2) is 18.4 Å². The lowest BCUT2D eigenvalue weighted by Crippen LogP contribution is -2.29. The highest BCUT2D eigenvalue weighted by Crippen LogP contribution is 2.48. The Morgan fingerprint density at radius 2 is 1.68 bits per heavy atom. The van der Waals surface area contributed by atoms with E-state index in [0.717, 1.165) is 11.1 Å². The van der Waals surface area contributed by atoms with Crippen LogP contribution in [-0.2, 0) is 16.1 Å². The fraction of sp³-hybridized carbons (Fsp3) is 0.172. The Bertz CT molecular complexity index is 1470. The monoisotopic (exact) mass is 537 g/mol. The normalized spacial score (nSPS) is 16.4. The van der Waals surface area contributed by atoms with Gasteiger partial charge >= 0.3 is 5.97 Å². The van der Waals surface area contributed by atoms with E-state index in [-0.39, 0.29) is 40.6 Å². The molecule has 188 valence electrons. The van der Waals surface area contributed by atoms with Gasteiger partial charge in [-0.2, -0.15) is 0 Å². The summed E-state index contributed by atoms with van der Waals surface area (Å²) in [6, 6.07) is 16.5. The number of carbonyl (C=O) groups excluding carboxylic acids is 2. The molecule has 0 aromatic heterocycles. The SMILES string of the molecule is CCOC(=O)C1=C(C)NC2=C(C(=O)c3ccccc32)[C@@H]1c1cc(Cl)c(OCc2ccc(F)cc2)c(Cl)c1. The molecule has 0 unspecified atom stereocenters. The van der Waals surface area contributed by atoms with Gasteiger partial charge in [0.05, 0.1) is 27.9 Å². The number of allylic oxidation sites excluding steroid dienone is 2. The summed E-state index contributed by atoms with van der Waals surface area (Å²) < 4.78 is 24.4. The number of benzene rings is 3. The van der Waals surface area contributed by atoms with Crippen molar-refractivity contribution in [3.8, 4) is 5.75 Å². The first-order valence-corrected chi connectivity index (χ1v) is 12.4. The third kappa shape index (κ3) is 4.52. The molecule has 1 aliphatic heterocycles. The predicted octanol–water partition coefficient (Wildman–Crippen LogP) is 6.84. The van der Waals surface area contributed by atoms with E-state index < -0.39 is 11.9 Å². The number of nitrogens with one attached hydrogen (secondary N) is 1. The topological polar surface area (TPSA) is 64.6 Å². The van der Waals surface area contributed by atoms with Crippen LogP contribution in [0, 0.1) is 5.82 Å². The van der Waals surface area contributed by atoms with Crippen LogP contribution in [0.3, 0.4) is 0 Å². The number of esters is 1. The van der Waals surface area contributed by atoms with Gasteiger partial charge in [0.25, 0.3) is 0 Å². The summed E-state index contributed by atoms with van der Waals surface area (Å²) in [6.45, 7) is 3.81. The van der Waals surface area contributed by atoms with Crippen LogP contribution < -0.4 is 10.1 Å². The standard InChI is InChI=1S/C29H22Cl2FNO4/c1-3-36-29(35)23-15(2)33-26-19-6-4-5-7-20(19)27(34)25(26)24(23)17-12-21(30)28(22(31)13-17)37-14-16-8-10-18(32)11-9-16/h4-13,24,33H,3,14H2,1-2H3/t24-/m1/s1. The van der Waals surface area contributed by atoms with E-state index in [1.807, 2.05) is 12.1 Å². The lowest BCUT2D eigenvalue weighted by molar-refractivity contribution is -0.138. The smallest absolute Gasteiger partial charge is 0.336 e. The number of dihydropyridines is 1. The van der Waals surface area contributed by atoms with Crippen LogP contribution in [0.25, 0.3) is 5.70 Å². The summed E-state index contributed by atoms with van der Waals surface area (Å²) in [6.07, 6.45) is 0. The zero-order valence-corrected chi connectivity index (χ0v) is 21.5. The van der Waals surface area contributed by atoms with Crippen LogP contribution >= 0.6 is 23.2 Å². The minimum Gasteiger partial charge on any atom is -0.486 e. The molecule has 5 nitrogen and oxygen atoms in total. The average molecular weight is 538 g/mol. The predicted molar refractivity (Wildman–Crippen MR) is 140 cm³/mol. The van der Waals surface area contributed by atoms with E-state index in [2.05, 4.69) is 5.32 Å². The summed E-state index contributed by atoms with van der Waals surface area (Å²) >= 11 is 13.2. The molecule has 0 amide bonds. The van der Waals surface area contributed by atoms with Gasteiger partial charge in [0.15, 0.2) is 11.5 Å². The third-order valence-corrected chi connectivity index (χ3v) is 6.96. The Hall–Kier alpha value is -3.61. The second kappa shape index (κ2) is 10.0. The second-order valence-corrected chi connectivity index (χ2v) is 9.52. The quantitative estimate of drug-likeness (QED) is 0.348. The van der Waals surface area contributed by atoms with Gasteiger partial charge in [0, 0.05) is 28.3 Å². The van der Waals surface area contributed by atoms with Crippen molar-refractivity contribution in [2.45, 2.75) is 26.4 Å². The highest BCUT2D eigenvalue weighted by Gasteiger charge is 2.43. The number of rotatable bonds is 6. The first kappa shape index (κ1) is 25.1. The van der Waals surface area contributed by atoms with Gasteiger partial charge < -0.3 is 14.8 Å². The number of ether oxygens (including phenoxy) is 2. The zero-order valence-electron chi connectivity index (χ0n) is 20.0. The Labute approximate surface area is 223 Å². The maximum Gasteiger partial charge on any atom is 0.336 e. The number of hydrogen-bond acceptors (Lipinski definition) is 5. The largest absolute Gasteiger partial charge is 0.486 e. The van der Waals surface area contributed by atoms with E-state index in [9.17, 15) is 14.0 Å². The zero-order chi connectivity index (χ0) is 26.3. The van der Waals surface area contributed by atoms with Gasteiger partial charge in [-0.1, -0.05) is 59.6 Å². The number of ketones is 1. The lowest BCUT2D eigenvalue weighted by atomic mass is 9.80. The van der Waals surface area contributed by atoms with Crippen molar-refractivity contribution in [1.82, 2.24) is 5.32 Å². The maximum absolute atomic E-state index is 13.6. The van der Waals surface area contributed by atoms with Crippen molar-refractivity contribution in [3.05, 3.63) is 116 Å². The van der Waals surface area contributed by atoms with Gasteiger partial charge in [0.1, 0.15) is 12.4 Å². The maximum atomic E-state index is 13.6. The van der Waals surface area contributed by atoms with E-state index in [4.69, 9.17) is 32.7 Å². The summed E-state index contributed by atoms with van der Waals surface area (Å²) in [5.41, 5.74) is 4.60. The summed E-state index contributed by atoms with van der Waals surface area (Å²) in [5, 5.41) is 3.69. The molecular weight excluding hydrogens is 516 g/mol. The van der Waals surface area contributed by atoms with Crippen molar-refractivity contribution >= 4 is 40.7 Å². The Kier molecular flexibility index (Phi) is 6.80. The van der Waals surface area contributed by atoms with Crippen molar-refractivity contribution in [1.29, 1.82) is 0 Å². The van der Waals surface area contributed by atoms with E-state index in [1.165, 1.54) is 12.1 Å². The fourth-order valence-electron chi connectivity index (χ4n) is 4.76. The molecule has 0 saturated heterocycles. The van der Waals surface area contributed by atoms with E-state index in [0.29, 0.717) is 33.7 Å². The van der Waals surface area contributed by atoms with Crippen molar-refractivity contribution in [3.63, 3.8) is 0 Å². The highest BCUT2D eigenvalue weighted by atomic mass is 35.5. The molecule has 1 aliphatic carbocycles. The molecule has 0 saturated carbocycles. The van der Waals surface area contributed by atoms with E-state index >= 15 is 0 Å². The second-order valence-electron chi connectivity index (χ2n) is 8.71. The average Bonchev–Trinajstić information content (AvgIpc) is 3.15. The molecule has 3 aromatic carbocycles. The minimum atomic E-state index is -0.753. The molecule has 0 radical (unpaired) electrons. The number of carbonyl (C=O) groups is 2. The lowest BCUT2D eigenvalue weighted by Gasteiger charge is -2.29. The molecule has 3 aromatic rings. The van der Waals surface area contributed by atoms with Gasteiger partial charge in [-0.3, -0.25) is 4.79 Å². The van der Waals surface area contributed by atoms with Gasteiger partial charge in [0.2, 0.25) is 0 Å². The van der Waals surface area contributed by atoms with Crippen molar-refractivity contribution in [2.75, 3.05) is 6.61 Å². The molecule has 1 N–H and O–H groups in total. The Morgan fingerprint density at radius 1 is 1.03 bits per heavy atom. The molecule has 5 rings (SSSR count). The minimum absolute atomic E-state index is 0.128. The van der Waals surface area contributed by atoms with Crippen molar-refractivity contribution < 1.29 is 23.5 Å². The van der Waals surface area contributed by atoms with Crippen LogP contribution in [0.2, 0.25) is 10.0 Å². The summed E-state index contributed by atoms with van der Waals surface area (Å²) in [7, 11) is 0. The van der Waals surface area contributed by atoms with Crippen LogP contribution in [0.15, 0.2) is 77.5 Å². The number of halogens is 3. The molecular formula is C29H22Cl2FNO4. The molecule has 1 heterocycles. The molecule has 8 heteroatoms. The molecule has 1 atom stereocenters. The first-order chi connectivity index (χ1) is 17.8. The Morgan fingerprint density at radius 3 is 2.32 bits per heavy atom. The summed E-state index contributed by atoms with van der Waals surface area (Å²) in [5.74, 6) is -1.56. The van der Waals surface area contributed by atoms with Crippen LogP contribution in [0.4, 0.5) is 4.39 Å². The number of hydrogen-bond donors (Lipinski definition) is 1. The summed E-state index contributed by atoms with van der Waals surface area (Å²) in [4.78, 5) is 26.7. The van der Waals surface area contributed by atoms with Gasteiger partial charge in [-0.15, -0.1) is 0 Å². The molecule has 37 heavy (non-hydrogen) atoms. The number of fused-ring (bicyclic) bond motifs is 2. The van der Waals surface area contributed by atoms with Crippen molar-refractivity contribution in [2.24, 2.45) is 0 Å². The molecule has 0 fully saturated rings. The fourth-order valence-corrected chi connectivity index (χ4v) is 5.37. The molecule has 0 spiro atoms. The third-order valence-electron chi connectivity index (χ3n) is 6.39. The highest BCUT2D eigenvalue weighted by molar-refractivity contribution is 6.37. The molecule has 0 bridgehead atoms. The first-order valence-electron chi connectivity index (χ1n) is 11.7. The van der Waals surface area contributed by atoms with Gasteiger partial charge in [-0.05, 0) is 49.2 Å². The Balaban J connectivity index is 1.57. The van der Waals surface area contributed by atoms with Crippen LogP contribution in [0.1, 0.15) is 46.8 Å². The van der Waals surface area contributed by atoms with Crippen LogP contribution in [0.5, 0.6) is 5.75 Å².